The molecule has 0 saturated carbocycles. The van der Waals surface area contributed by atoms with Crippen molar-refractivity contribution < 1.29 is 0 Å². The SMILES string of the molecule is CC(c1ccccc1)c1nc2c(/C=C/CNC(=N)N)[nH]c(-c3c[nH]c4ccccc34)cn-2c1=O. The predicted octanol–water partition coefficient (Wildman–Crippen LogP) is 3.79. The second-order valence-electron chi connectivity index (χ2n) is 8.15. The summed E-state index contributed by atoms with van der Waals surface area (Å²) in [6.45, 7) is 2.37. The highest BCUT2D eigenvalue weighted by Crippen LogP contribution is 2.30. The number of rotatable bonds is 6. The number of benzene rings is 2. The van der Waals surface area contributed by atoms with E-state index in [0.717, 1.165) is 27.7 Å². The van der Waals surface area contributed by atoms with Crippen molar-refractivity contribution in [2.24, 2.45) is 5.73 Å². The standard InChI is InChI=1S/C26H25N7O/c1-16(17-8-3-2-4-9-17)23-25(34)33-15-22(19-14-30-20-11-6-5-10-18(19)20)31-21(24(33)32-23)12-7-13-29-26(27)28/h2-12,14-16,30-31H,13H2,1H3,(H4,27,28,29)/b12-7+. The summed E-state index contributed by atoms with van der Waals surface area (Å²) in [7, 11) is 0. The van der Waals surface area contributed by atoms with Crippen molar-refractivity contribution in [1.29, 1.82) is 5.41 Å². The molecule has 34 heavy (non-hydrogen) atoms. The second kappa shape index (κ2) is 8.74. The van der Waals surface area contributed by atoms with E-state index >= 15 is 0 Å². The quantitative estimate of drug-likeness (QED) is 0.199. The number of hydrogen-bond donors (Lipinski definition) is 5. The Balaban J connectivity index is 1.67. The maximum Gasteiger partial charge on any atom is 0.278 e. The van der Waals surface area contributed by atoms with Gasteiger partial charge in [0.2, 0.25) is 0 Å². The Kier molecular flexibility index (Phi) is 5.47. The molecule has 0 fully saturated rings. The van der Waals surface area contributed by atoms with E-state index in [9.17, 15) is 4.79 Å². The maximum absolute atomic E-state index is 13.5. The van der Waals surface area contributed by atoms with Crippen molar-refractivity contribution >= 4 is 22.9 Å². The maximum atomic E-state index is 13.5. The van der Waals surface area contributed by atoms with Crippen LogP contribution >= 0.6 is 0 Å². The number of fused-ring (bicyclic) bond motifs is 2. The number of nitrogens with two attached hydrogens (primary N) is 1. The molecule has 2 aromatic carbocycles. The third-order valence-corrected chi connectivity index (χ3v) is 5.94. The summed E-state index contributed by atoms with van der Waals surface area (Å²) >= 11 is 0. The molecule has 1 atom stereocenters. The van der Waals surface area contributed by atoms with Gasteiger partial charge in [-0.15, -0.1) is 0 Å². The van der Waals surface area contributed by atoms with Gasteiger partial charge in [-0.1, -0.05) is 61.5 Å². The van der Waals surface area contributed by atoms with Crippen molar-refractivity contribution in [3.8, 4) is 17.1 Å². The van der Waals surface area contributed by atoms with E-state index in [-0.39, 0.29) is 17.4 Å². The zero-order chi connectivity index (χ0) is 23.7. The molecule has 1 aromatic heterocycles. The average Bonchev–Trinajstić information content (AvgIpc) is 3.43. The largest absolute Gasteiger partial charge is 0.370 e. The van der Waals surface area contributed by atoms with Gasteiger partial charge in [0.15, 0.2) is 11.8 Å². The monoisotopic (exact) mass is 451 g/mol. The van der Waals surface area contributed by atoms with Crippen LogP contribution in [0.4, 0.5) is 0 Å². The summed E-state index contributed by atoms with van der Waals surface area (Å²) in [6.07, 6.45) is 7.44. The highest BCUT2D eigenvalue weighted by molar-refractivity contribution is 5.94. The van der Waals surface area contributed by atoms with Crippen LogP contribution < -0.4 is 16.6 Å². The first kappa shape index (κ1) is 21.3. The molecular formula is C26H25N7O. The average molecular weight is 452 g/mol. The molecule has 0 radical (unpaired) electrons. The zero-order valence-corrected chi connectivity index (χ0v) is 18.7. The Bertz CT molecular complexity index is 1520. The highest BCUT2D eigenvalue weighted by atomic mass is 16.1. The van der Waals surface area contributed by atoms with Crippen LogP contribution in [-0.4, -0.2) is 32.0 Å². The number of guanidine groups is 1. The van der Waals surface area contributed by atoms with Crippen molar-refractivity contribution in [3.63, 3.8) is 0 Å². The van der Waals surface area contributed by atoms with E-state index in [1.807, 2.05) is 86.1 Å². The van der Waals surface area contributed by atoms with Gasteiger partial charge in [0.25, 0.3) is 5.56 Å². The molecule has 8 heteroatoms. The summed E-state index contributed by atoms with van der Waals surface area (Å²) < 4.78 is 1.61. The molecular weight excluding hydrogens is 426 g/mol. The molecule has 3 aromatic rings. The number of aromatic nitrogens is 4. The Labute approximate surface area is 196 Å². The van der Waals surface area contributed by atoms with Gasteiger partial charge in [-0.2, -0.15) is 0 Å². The van der Waals surface area contributed by atoms with Crippen molar-refractivity contribution in [3.05, 3.63) is 100 Å². The minimum atomic E-state index is -0.152. The Hall–Kier alpha value is -4.59. The first-order valence-electron chi connectivity index (χ1n) is 11.0. The van der Waals surface area contributed by atoms with Gasteiger partial charge in [-0.25, -0.2) is 4.98 Å². The van der Waals surface area contributed by atoms with Crippen molar-refractivity contribution in [1.82, 2.24) is 24.8 Å². The van der Waals surface area contributed by atoms with Gasteiger partial charge in [0, 0.05) is 41.3 Å². The predicted molar refractivity (Wildman–Crippen MR) is 136 cm³/mol. The van der Waals surface area contributed by atoms with Crippen LogP contribution in [0.5, 0.6) is 0 Å². The highest BCUT2D eigenvalue weighted by Gasteiger charge is 2.23. The number of hydrogen-bond acceptors (Lipinski definition) is 3. The summed E-state index contributed by atoms with van der Waals surface area (Å²) in [5, 5.41) is 11.1. The topological polar surface area (TPSA) is 128 Å². The molecule has 0 spiro atoms. The van der Waals surface area contributed by atoms with Crippen LogP contribution in [0, 0.1) is 5.41 Å². The number of aromatic amines is 2. The number of para-hydroxylation sites is 1. The summed E-state index contributed by atoms with van der Waals surface area (Å²) in [4.78, 5) is 25.0. The third-order valence-electron chi connectivity index (χ3n) is 5.94. The van der Waals surface area contributed by atoms with E-state index in [0.29, 0.717) is 23.8 Å². The molecule has 5 rings (SSSR count). The minimum absolute atomic E-state index is 0.104. The Morgan fingerprint density at radius 2 is 1.97 bits per heavy atom. The van der Waals surface area contributed by atoms with E-state index in [1.54, 1.807) is 4.57 Å². The third kappa shape index (κ3) is 3.86. The lowest BCUT2D eigenvalue weighted by atomic mass is 9.98. The fraction of sp³-hybridized carbons (Fsp3) is 0.115. The molecule has 170 valence electrons. The Morgan fingerprint density at radius 3 is 2.76 bits per heavy atom. The first-order valence-corrected chi connectivity index (χ1v) is 11.0. The van der Waals surface area contributed by atoms with E-state index in [4.69, 9.17) is 16.1 Å². The zero-order valence-electron chi connectivity index (χ0n) is 18.7. The summed E-state index contributed by atoms with van der Waals surface area (Å²) in [5.41, 5.74) is 10.2. The van der Waals surface area contributed by atoms with Gasteiger partial charge in [-0.3, -0.25) is 14.8 Å². The fourth-order valence-electron chi connectivity index (χ4n) is 4.18. The van der Waals surface area contributed by atoms with Crippen LogP contribution in [-0.2, 0) is 0 Å². The molecule has 0 amide bonds. The van der Waals surface area contributed by atoms with Crippen LogP contribution in [0.3, 0.4) is 0 Å². The van der Waals surface area contributed by atoms with Crippen molar-refractivity contribution in [2.75, 3.05) is 6.54 Å². The lowest BCUT2D eigenvalue weighted by Gasteiger charge is -2.10. The first-order chi connectivity index (χ1) is 16.5. The van der Waals surface area contributed by atoms with Crippen molar-refractivity contribution in [2.45, 2.75) is 12.8 Å². The van der Waals surface area contributed by atoms with E-state index in [2.05, 4.69) is 15.3 Å². The number of nitrogens with zero attached hydrogens (tertiary/aromatic N) is 2. The number of nitrogens with one attached hydrogen (secondary N) is 4. The fourth-order valence-corrected chi connectivity index (χ4v) is 4.18. The van der Waals surface area contributed by atoms with Gasteiger partial charge in [0.05, 0.1) is 11.4 Å². The molecule has 0 bridgehead atoms. The van der Waals surface area contributed by atoms with Gasteiger partial charge in [-0.05, 0) is 17.7 Å². The molecule has 2 aliphatic heterocycles. The molecule has 8 nitrogen and oxygen atoms in total. The Morgan fingerprint density at radius 1 is 1.21 bits per heavy atom. The smallest absolute Gasteiger partial charge is 0.278 e. The van der Waals surface area contributed by atoms with Gasteiger partial charge >= 0.3 is 0 Å². The summed E-state index contributed by atoms with van der Waals surface area (Å²) in [5.74, 6) is 0.291. The minimum Gasteiger partial charge on any atom is -0.370 e. The number of imidazole rings is 1. The lowest BCUT2D eigenvalue weighted by Crippen LogP contribution is -2.30. The van der Waals surface area contributed by atoms with Crippen LogP contribution in [0.1, 0.15) is 29.8 Å². The summed E-state index contributed by atoms with van der Waals surface area (Å²) in [6, 6.07) is 17.9. The van der Waals surface area contributed by atoms with Gasteiger partial charge in [0.1, 0.15) is 5.69 Å². The van der Waals surface area contributed by atoms with Crippen LogP contribution in [0.2, 0.25) is 0 Å². The van der Waals surface area contributed by atoms with E-state index in [1.165, 1.54) is 0 Å². The molecule has 0 saturated heterocycles. The molecule has 1 unspecified atom stereocenters. The van der Waals surface area contributed by atoms with Crippen LogP contribution in [0.15, 0.2) is 77.9 Å². The molecule has 6 N–H and O–H groups in total. The molecule has 2 aliphatic rings. The lowest BCUT2D eigenvalue weighted by molar-refractivity contribution is 0.871. The van der Waals surface area contributed by atoms with Crippen LogP contribution in [0.25, 0.3) is 34.1 Å². The molecule has 3 heterocycles. The second-order valence-corrected chi connectivity index (χ2v) is 8.15. The number of H-pyrrole nitrogens is 2. The van der Waals surface area contributed by atoms with Gasteiger partial charge < -0.3 is 21.0 Å². The van der Waals surface area contributed by atoms with E-state index < -0.39 is 0 Å². The normalized spacial score (nSPS) is 12.5. The molecule has 0 aliphatic carbocycles.